The van der Waals surface area contributed by atoms with Gasteiger partial charge in [0.1, 0.15) is 5.75 Å². The van der Waals surface area contributed by atoms with E-state index in [1.807, 2.05) is 42.5 Å². The summed E-state index contributed by atoms with van der Waals surface area (Å²) >= 11 is 0. The molecule has 3 aromatic rings. The van der Waals surface area contributed by atoms with Crippen LogP contribution >= 0.6 is 0 Å². The predicted octanol–water partition coefficient (Wildman–Crippen LogP) is 3.29. The Morgan fingerprint density at radius 2 is 1.25 bits per heavy atom. The highest BCUT2D eigenvalue weighted by molar-refractivity contribution is 5.94. The van der Waals surface area contributed by atoms with Gasteiger partial charge in [-0.05, 0) is 53.9 Å². The first kappa shape index (κ1) is 19.2. The Morgan fingerprint density at radius 3 is 1.93 bits per heavy atom. The highest BCUT2D eigenvalue weighted by Gasteiger charge is 2.07. The Hall–Kier alpha value is -3.60. The molecule has 0 spiro atoms. The van der Waals surface area contributed by atoms with Gasteiger partial charge in [0.25, 0.3) is 11.8 Å². The van der Waals surface area contributed by atoms with Crippen molar-refractivity contribution in [3.05, 3.63) is 101 Å². The Balaban J connectivity index is 1.46. The molecule has 0 radical (unpaired) electrons. The first-order valence-corrected chi connectivity index (χ1v) is 9.10. The van der Waals surface area contributed by atoms with Crippen LogP contribution in [0.4, 0.5) is 0 Å². The zero-order valence-corrected chi connectivity index (χ0v) is 15.4. The maximum atomic E-state index is 12.2. The number of amides is 2. The van der Waals surface area contributed by atoms with E-state index in [9.17, 15) is 14.7 Å². The molecule has 0 aromatic heterocycles. The molecule has 0 heterocycles. The van der Waals surface area contributed by atoms with Crippen molar-refractivity contribution < 1.29 is 14.7 Å². The molecule has 0 aliphatic carbocycles. The van der Waals surface area contributed by atoms with Gasteiger partial charge in [-0.25, -0.2) is 0 Å². The number of hydrogen-bond acceptors (Lipinski definition) is 3. The summed E-state index contributed by atoms with van der Waals surface area (Å²) < 4.78 is 0. The van der Waals surface area contributed by atoms with Crippen LogP contribution in [0.15, 0.2) is 78.9 Å². The third-order valence-electron chi connectivity index (χ3n) is 4.34. The fourth-order valence-corrected chi connectivity index (χ4v) is 2.73. The number of nitrogens with one attached hydrogen (secondary N) is 2. The van der Waals surface area contributed by atoms with Crippen LogP contribution in [0.1, 0.15) is 31.8 Å². The van der Waals surface area contributed by atoms with Gasteiger partial charge < -0.3 is 15.7 Å². The van der Waals surface area contributed by atoms with Crippen LogP contribution in [0.5, 0.6) is 5.75 Å². The molecule has 142 valence electrons. The lowest BCUT2D eigenvalue weighted by Gasteiger charge is -2.08. The number of carbonyl (C=O) groups excluding carboxylic acids is 2. The van der Waals surface area contributed by atoms with Crippen molar-refractivity contribution >= 4 is 11.8 Å². The zero-order chi connectivity index (χ0) is 19.8. The van der Waals surface area contributed by atoms with E-state index >= 15 is 0 Å². The summed E-state index contributed by atoms with van der Waals surface area (Å²) in [6.07, 6.45) is 0.690. The van der Waals surface area contributed by atoms with E-state index < -0.39 is 0 Å². The quantitative estimate of drug-likeness (QED) is 0.594. The molecular formula is C23H22N2O3. The highest BCUT2D eigenvalue weighted by Crippen LogP contribution is 2.10. The molecule has 2 amide bonds. The van der Waals surface area contributed by atoms with Crippen LogP contribution in [-0.2, 0) is 13.0 Å². The fraction of sp³-hybridized carbons (Fsp3) is 0.130. The molecular weight excluding hydrogens is 352 g/mol. The van der Waals surface area contributed by atoms with Gasteiger partial charge in [0.15, 0.2) is 0 Å². The van der Waals surface area contributed by atoms with Crippen LogP contribution in [0, 0.1) is 0 Å². The van der Waals surface area contributed by atoms with E-state index in [0.717, 1.165) is 11.1 Å². The lowest BCUT2D eigenvalue weighted by atomic mass is 10.1. The summed E-state index contributed by atoms with van der Waals surface area (Å²) in [5, 5.41) is 15.0. The summed E-state index contributed by atoms with van der Waals surface area (Å²) in [6, 6.07) is 23.1. The number of hydrogen-bond donors (Lipinski definition) is 3. The maximum absolute atomic E-state index is 12.2. The molecule has 3 rings (SSSR count). The SMILES string of the molecule is O=C(NCCc1ccc(O)cc1)c1ccc(CNC(=O)c2ccccc2)cc1. The topological polar surface area (TPSA) is 78.4 Å². The van der Waals surface area contributed by atoms with E-state index in [0.29, 0.717) is 30.6 Å². The minimum Gasteiger partial charge on any atom is -0.508 e. The van der Waals surface area contributed by atoms with Gasteiger partial charge in [-0.2, -0.15) is 0 Å². The highest BCUT2D eigenvalue weighted by atomic mass is 16.3. The predicted molar refractivity (Wildman–Crippen MR) is 108 cm³/mol. The van der Waals surface area contributed by atoms with E-state index in [1.54, 1.807) is 36.4 Å². The van der Waals surface area contributed by atoms with E-state index in [1.165, 1.54) is 0 Å². The van der Waals surface area contributed by atoms with Crippen molar-refractivity contribution in [3.8, 4) is 5.75 Å². The second-order valence-corrected chi connectivity index (χ2v) is 6.42. The van der Waals surface area contributed by atoms with Crippen molar-refractivity contribution in [3.63, 3.8) is 0 Å². The molecule has 0 aliphatic rings. The fourth-order valence-electron chi connectivity index (χ4n) is 2.73. The van der Waals surface area contributed by atoms with Crippen LogP contribution < -0.4 is 10.6 Å². The van der Waals surface area contributed by atoms with Gasteiger partial charge in [0, 0.05) is 24.2 Å². The number of aromatic hydroxyl groups is 1. The normalized spacial score (nSPS) is 10.3. The summed E-state index contributed by atoms with van der Waals surface area (Å²) in [4.78, 5) is 24.3. The maximum Gasteiger partial charge on any atom is 0.251 e. The van der Waals surface area contributed by atoms with E-state index in [2.05, 4.69) is 10.6 Å². The summed E-state index contributed by atoms with van der Waals surface area (Å²) in [7, 11) is 0. The average Bonchev–Trinajstić information content (AvgIpc) is 2.74. The first-order chi connectivity index (χ1) is 13.6. The molecule has 3 N–H and O–H groups in total. The second-order valence-electron chi connectivity index (χ2n) is 6.42. The molecule has 0 unspecified atom stereocenters. The van der Waals surface area contributed by atoms with Crippen LogP contribution in [0.2, 0.25) is 0 Å². The minimum absolute atomic E-state index is 0.128. The monoisotopic (exact) mass is 374 g/mol. The van der Waals surface area contributed by atoms with Gasteiger partial charge >= 0.3 is 0 Å². The molecule has 5 heteroatoms. The third kappa shape index (κ3) is 5.45. The van der Waals surface area contributed by atoms with E-state index in [4.69, 9.17) is 0 Å². The Labute approximate surface area is 164 Å². The molecule has 0 fully saturated rings. The molecule has 0 aliphatic heterocycles. The van der Waals surface area contributed by atoms with Gasteiger partial charge in [0.2, 0.25) is 0 Å². The Kier molecular flexibility index (Phi) is 6.41. The van der Waals surface area contributed by atoms with Gasteiger partial charge in [0.05, 0.1) is 0 Å². The lowest BCUT2D eigenvalue weighted by molar-refractivity contribution is 0.0943. The molecule has 28 heavy (non-hydrogen) atoms. The molecule has 0 atom stereocenters. The Bertz CT molecular complexity index is 920. The number of benzene rings is 3. The van der Waals surface area contributed by atoms with Gasteiger partial charge in [-0.15, -0.1) is 0 Å². The summed E-state index contributed by atoms with van der Waals surface area (Å²) in [5.74, 6) is -0.0388. The number of phenolic OH excluding ortho intramolecular Hbond substituents is 1. The Morgan fingerprint density at radius 1 is 0.679 bits per heavy atom. The van der Waals surface area contributed by atoms with Crippen molar-refractivity contribution in [2.45, 2.75) is 13.0 Å². The molecule has 0 saturated carbocycles. The van der Waals surface area contributed by atoms with Gasteiger partial charge in [-0.3, -0.25) is 9.59 Å². The summed E-state index contributed by atoms with van der Waals surface area (Å²) in [5.41, 5.74) is 3.16. The standard InChI is InChI=1S/C23H22N2O3/c26-21-12-8-17(9-13-21)14-15-24-22(27)20-10-6-18(7-11-20)16-25-23(28)19-4-2-1-3-5-19/h1-13,26H,14-16H2,(H,24,27)(H,25,28). The smallest absolute Gasteiger partial charge is 0.251 e. The third-order valence-corrected chi connectivity index (χ3v) is 4.34. The second kappa shape index (κ2) is 9.37. The minimum atomic E-state index is -0.140. The number of rotatable bonds is 7. The van der Waals surface area contributed by atoms with Crippen molar-refractivity contribution in [2.24, 2.45) is 0 Å². The van der Waals surface area contributed by atoms with Crippen molar-refractivity contribution in [1.82, 2.24) is 10.6 Å². The van der Waals surface area contributed by atoms with Crippen molar-refractivity contribution in [1.29, 1.82) is 0 Å². The number of carbonyl (C=O) groups is 2. The molecule has 0 saturated heterocycles. The largest absolute Gasteiger partial charge is 0.508 e. The lowest BCUT2D eigenvalue weighted by Crippen LogP contribution is -2.26. The van der Waals surface area contributed by atoms with Crippen LogP contribution in [0.3, 0.4) is 0 Å². The molecule has 3 aromatic carbocycles. The van der Waals surface area contributed by atoms with Crippen LogP contribution in [-0.4, -0.2) is 23.5 Å². The molecule has 0 bridgehead atoms. The zero-order valence-electron chi connectivity index (χ0n) is 15.4. The summed E-state index contributed by atoms with van der Waals surface area (Å²) in [6.45, 7) is 0.912. The average molecular weight is 374 g/mol. The first-order valence-electron chi connectivity index (χ1n) is 9.10. The van der Waals surface area contributed by atoms with Crippen LogP contribution in [0.25, 0.3) is 0 Å². The number of phenols is 1. The van der Waals surface area contributed by atoms with E-state index in [-0.39, 0.29) is 17.6 Å². The molecule has 5 nitrogen and oxygen atoms in total. The van der Waals surface area contributed by atoms with Crippen molar-refractivity contribution in [2.75, 3.05) is 6.54 Å². The van der Waals surface area contributed by atoms with Gasteiger partial charge in [-0.1, -0.05) is 42.5 Å².